The van der Waals surface area contributed by atoms with Gasteiger partial charge >= 0.3 is 0 Å². The average molecular weight is 865 g/mol. The van der Waals surface area contributed by atoms with Crippen molar-refractivity contribution in [2.45, 2.75) is 9.49 Å². The molecule has 0 amide bonds. The van der Waals surface area contributed by atoms with Crippen molar-refractivity contribution in [2.24, 2.45) is 0 Å². The molecule has 0 spiro atoms. The predicted octanol–water partition coefficient (Wildman–Crippen LogP) is 14.0. The molecular weight excluding hydrogens is 821 g/mol. The van der Waals surface area contributed by atoms with E-state index >= 15 is 0 Å². The summed E-state index contributed by atoms with van der Waals surface area (Å²) in [5.74, 6) is 3.03. The van der Waals surface area contributed by atoms with Crippen LogP contribution in [0.3, 0.4) is 0 Å². The van der Waals surface area contributed by atoms with E-state index in [0.717, 1.165) is 78.5 Å². The molecule has 0 saturated heterocycles. The van der Waals surface area contributed by atoms with E-state index in [0.29, 0.717) is 0 Å². The molecule has 9 aromatic rings. The summed E-state index contributed by atoms with van der Waals surface area (Å²) in [5.41, 5.74) is 15.3. The first kappa shape index (κ1) is 40.0. The number of ether oxygens (including phenoxy) is 2. The average Bonchev–Trinajstić information content (AvgIpc) is 3.98. The Morgan fingerprint density at radius 1 is 0.391 bits per heavy atom. The molecule has 7 aromatic carbocycles. The summed E-state index contributed by atoms with van der Waals surface area (Å²) in [6.45, 7) is 0. The molecule has 11 rings (SSSR count). The molecule has 2 aromatic heterocycles. The maximum Gasteiger partial charge on any atom is 0.124 e. The van der Waals surface area contributed by atoms with Gasteiger partial charge in [0.2, 0.25) is 0 Å². The summed E-state index contributed by atoms with van der Waals surface area (Å²) in [5, 5.41) is 2.19. The lowest BCUT2D eigenvalue weighted by atomic mass is 9.76. The molecule has 0 N–H and O–H groups in total. The van der Waals surface area contributed by atoms with Gasteiger partial charge in [0.1, 0.15) is 21.0 Å². The number of rotatable bonds is 10. The molecule has 0 fully saturated rings. The molecular formula is C58H44N2O2S2. The van der Waals surface area contributed by atoms with E-state index in [1.165, 1.54) is 33.4 Å². The summed E-state index contributed by atoms with van der Waals surface area (Å²) in [6.07, 6.45) is 0. The fraction of sp³-hybridized carbons (Fsp3) is 0.103. The van der Waals surface area contributed by atoms with Crippen molar-refractivity contribution < 1.29 is 9.47 Å². The van der Waals surface area contributed by atoms with Crippen LogP contribution in [0.25, 0.3) is 44.1 Å². The Bertz CT molecular complexity index is 3030. The number of nitrogens with zero attached hydrogens (tertiary/aromatic N) is 2. The highest BCUT2D eigenvalue weighted by Gasteiger charge is 2.52. The number of hydrogen-bond acceptors (Lipinski definition) is 6. The van der Waals surface area contributed by atoms with E-state index in [1.807, 2.05) is 23.5 Å². The lowest BCUT2D eigenvalue weighted by molar-refractivity contribution is 0.392. The molecule has 2 atom stereocenters. The van der Waals surface area contributed by atoms with Crippen LogP contribution < -0.4 is 9.47 Å². The third-order valence-corrected chi connectivity index (χ3v) is 15.7. The van der Waals surface area contributed by atoms with Gasteiger partial charge in [0.05, 0.1) is 36.6 Å². The van der Waals surface area contributed by atoms with Gasteiger partial charge in [-0.1, -0.05) is 170 Å². The van der Waals surface area contributed by atoms with Crippen molar-refractivity contribution >= 4 is 67.6 Å². The molecule has 0 saturated carbocycles. The molecule has 4 heterocycles. The van der Waals surface area contributed by atoms with Crippen LogP contribution in [0.2, 0.25) is 0 Å². The topological polar surface area (TPSA) is 44.2 Å². The Morgan fingerprint density at radius 3 is 1.11 bits per heavy atom. The van der Waals surface area contributed by atoms with Crippen molar-refractivity contribution in [3.8, 4) is 11.5 Å². The zero-order chi connectivity index (χ0) is 43.1. The number of aromatic nitrogens is 2. The number of benzene rings is 7. The van der Waals surface area contributed by atoms with Crippen molar-refractivity contribution in [3.63, 3.8) is 0 Å². The van der Waals surface area contributed by atoms with E-state index < -0.39 is 9.49 Å². The van der Waals surface area contributed by atoms with Gasteiger partial charge in [-0.25, -0.2) is 0 Å². The van der Waals surface area contributed by atoms with Crippen LogP contribution in [0.1, 0.15) is 44.8 Å². The number of hydrogen-bond donors (Lipinski definition) is 0. The molecule has 64 heavy (non-hydrogen) atoms. The fourth-order valence-corrected chi connectivity index (χ4v) is 13.1. The molecule has 4 nitrogen and oxygen atoms in total. The predicted molar refractivity (Wildman–Crippen MR) is 269 cm³/mol. The van der Waals surface area contributed by atoms with Gasteiger partial charge < -0.3 is 9.47 Å². The minimum Gasteiger partial charge on any atom is -0.496 e. The highest BCUT2D eigenvalue weighted by Crippen LogP contribution is 2.66. The largest absolute Gasteiger partial charge is 0.496 e. The second kappa shape index (κ2) is 16.7. The molecule has 2 aliphatic heterocycles. The van der Waals surface area contributed by atoms with E-state index in [9.17, 15) is 0 Å². The van der Waals surface area contributed by atoms with Crippen LogP contribution in [-0.2, 0) is 9.49 Å². The summed E-state index contributed by atoms with van der Waals surface area (Å²) in [6, 6.07) is 73.3. The monoisotopic (exact) mass is 864 g/mol. The van der Waals surface area contributed by atoms with Gasteiger partial charge in [0, 0.05) is 33.4 Å². The number of thioether (sulfide) groups is 2. The van der Waals surface area contributed by atoms with E-state index in [2.05, 4.69) is 206 Å². The normalized spacial score (nSPS) is 18.5. The standard InChI is InChI=1S/C58H44N2O2S2/c1-61-51-35-48(58(54-34-32-42-24-16-18-30-50(42)60-54)56(44-27-13-6-14-28-44)46(38-64-58)40-21-9-4-10-22-40)52(62-2)36-47(51)57(53-33-31-41-23-15-17-29-49(41)59-53)55(43-25-11-5-12-26-43)45(37-63-57)39-19-7-3-8-20-39/h3-36H,37-38H2,1-2H3. The van der Waals surface area contributed by atoms with Crippen LogP contribution in [0.15, 0.2) is 206 Å². The van der Waals surface area contributed by atoms with Gasteiger partial charge in [0.25, 0.3) is 0 Å². The Morgan fingerprint density at radius 2 is 0.734 bits per heavy atom. The van der Waals surface area contributed by atoms with Gasteiger partial charge in [-0.3, -0.25) is 9.97 Å². The van der Waals surface area contributed by atoms with Gasteiger partial charge in [0.15, 0.2) is 0 Å². The SMILES string of the molecule is COc1cc(C2(c3ccc4ccccc4n3)SCC(c3ccccc3)=C2c2ccccc2)c(OC)cc1C1(c2ccc3ccccc3n2)SCC(c2ccccc2)=C1c1ccccc1. The lowest BCUT2D eigenvalue weighted by Gasteiger charge is -2.37. The smallest absolute Gasteiger partial charge is 0.124 e. The van der Waals surface area contributed by atoms with Gasteiger partial charge in [-0.05, 0) is 80.9 Å². The molecule has 2 unspecified atom stereocenters. The lowest BCUT2D eigenvalue weighted by Crippen LogP contribution is -2.29. The van der Waals surface area contributed by atoms with Gasteiger partial charge in [-0.15, -0.1) is 23.5 Å². The first-order chi connectivity index (χ1) is 31.6. The van der Waals surface area contributed by atoms with Crippen molar-refractivity contribution in [1.29, 1.82) is 0 Å². The second-order valence-electron chi connectivity index (χ2n) is 16.1. The molecule has 310 valence electrons. The van der Waals surface area contributed by atoms with E-state index in [-0.39, 0.29) is 0 Å². The van der Waals surface area contributed by atoms with Gasteiger partial charge in [-0.2, -0.15) is 0 Å². The summed E-state index contributed by atoms with van der Waals surface area (Å²) in [4.78, 5) is 11.1. The Hall–Kier alpha value is -6.86. The number of para-hydroxylation sites is 2. The molecule has 0 radical (unpaired) electrons. The van der Waals surface area contributed by atoms with Crippen LogP contribution in [0.4, 0.5) is 0 Å². The van der Waals surface area contributed by atoms with Crippen LogP contribution >= 0.6 is 23.5 Å². The van der Waals surface area contributed by atoms with Crippen LogP contribution in [-0.4, -0.2) is 35.7 Å². The summed E-state index contributed by atoms with van der Waals surface area (Å²) < 4.78 is 11.9. The highest BCUT2D eigenvalue weighted by atomic mass is 32.2. The zero-order valence-corrected chi connectivity index (χ0v) is 37.2. The Labute approximate surface area is 382 Å². The van der Waals surface area contributed by atoms with Crippen molar-refractivity contribution in [2.75, 3.05) is 25.7 Å². The van der Waals surface area contributed by atoms with E-state index in [1.54, 1.807) is 14.2 Å². The fourth-order valence-electron chi connectivity index (χ4n) is 9.85. The third kappa shape index (κ3) is 6.55. The number of fused-ring (bicyclic) bond motifs is 2. The maximum absolute atomic E-state index is 6.76. The first-order valence-corrected chi connectivity index (χ1v) is 23.6. The third-order valence-electron chi connectivity index (χ3n) is 12.7. The first-order valence-electron chi connectivity index (χ1n) is 21.6. The van der Waals surface area contributed by atoms with E-state index in [4.69, 9.17) is 19.4 Å². The van der Waals surface area contributed by atoms with Crippen molar-refractivity contribution in [1.82, 2.24) is 9.97 Å². The molecule has 0 bridgehead atoms. The maximum atomic E-state index is 6.76. The zero-order valence-electron chi connectivity index (χ0n) is 35.6. The summed E-state index contributed by atoms with van der Waals surface area (Å²) in [7, 11) is 3.60. The van der Waals surface area contributed by atoms with Crippen LogP contribution in [0, 0.1) is 0 Å². The number of methoxy groups -OCH3 is 2. The second-order valence-corrected chi connectivity index (χ2v) is 18.5. The highest BCUT2D eigenvalue weighted by molar-refractivity contribution is 8.02. The Balaban J connectivity index is 1.25. The number of pyridine rings is 2. The Kier molecular flexibility index (Phi) is 10.4. The summed E-state index contributed by atoms with van der Waals surface area (Å²) >= 11 is 3.78. The quantitative estimate of drug-likeness (QED) is 0.136. The minimum absolute atomic E-state index is 0.752. The van der Waals surface area contributed by atoms with Crippen LogP contribution in [0.5, 0.6) is 11.5 Å². The minimum atomic E-state index is -0.807. The molecule has 0 aliphatic carbocycles. The molecule has 2 aliphatic rings. The van der Waals surface area contributed by atoms with Crippen molar-refractivity contribution in [3.05, 3.63) is 251 Å². The molecule has 6 heteroatoms.